The predicted molar refractivity (Wildman–Crippen MR) is 65.8 cm³/mol. The van der Waals surface area contributed by atoms with Crippen molar-refractivity contribution in [2.75, 3.05) is 18.1 Å². The van der Waals surface area contributed by atoms with Crippen LogP contribution in [0.25, 0.3) is 0 Å². The van der Waals surface area contributed by atoms with E-state index in [1.807, 2.05) is 0 Å². The van der Waals surface area contributed by atoms with Crippen molar-refractivity contribution in [3.05, 3.63) is 12.7 Å². The van der Waals surface area contributed by atoms with E-state index in [-0.39, 0.29) is 0 Å². The van der Waals surface area contributed by atoms with Crippen LogP contribution in [0.3, 0.4) is 0 Å². The Morgan fingerprint density at radius 2 is 2.23 bits per heavy atom. The summed E-state index contributed by atoms with van der Waals surface area (Å²) in [5.41, 5.74) is 0. The zero-order chi connectivity index (χ0) is 9.68. The van der Waals surface area contributed by atoms with E-state index in [2.05, 4.69) is 55.3 Å². The van der Waals surface area contributed by atoms with E-state index in [0.29, 0.717) is 11.3 Å². The van der Waals surface area contributed by atoms with Crippen molar-refractivity contribution in [3.8, 4) is 0 Å². The lowest BCUT2D eigenvalue weighted by Gasteiger charge is -2.33. The van der Waals surface area contributed by atoms with Crippen LogP contribution in [0.15, 0.2) is 12.7 Å². The molecule has 0 amide bonds. The normalized spacial score (nSPS) is 31.2. The van der Waals surface area contributed by atoms with Gasteiger partial charge in [-0.3, -0.25) is 0 Å². The van der Waals surface area contributed by atoms with Crippen molar-refractivity contribution >= 4 is 23.5 Å². The molecule has 3 atom stereocenters. The molecular formula is C10H19NS2. The smallest absolute Gasteiger partial charge is 0.0377 e. The summed E-state index contributed by atoms with van der Waals surface area (Å²) in [6.07, 6.45) is 2.06. The van der Waals surface area contributed by atoms with Crippen molar-refractivity contribution in [2.45, 2.75) is 30.4 Å². The third kappa shape index (κ3) is 3.22. The minimum atomic E-state index is 0.484. The quantitative estimate of drug-likeness (QED) is 0.726. The first kappa shape index (κ1) is 11.5. The standard InChI is InChI=1S/C10H19NS2/c1-4-9(11-5-2)10-8(3)12-6-7-13-10/h4,8-11H,1,5-7H2,2-3H3. The Hall–Kier alpha value is 0.400. The highest BCUT2D eigenvalue weighted by molar-refractivity contribution is 8.07. The Morgan fingerprint density at radius 1 is 1.54 bits per heavy atom. The van der Waals surface area contributed by atoms with Crippen LogP contribution in [0.1, 0.15) is 13.8 Å². The fourth-order valence-electron chi connectivity index (χ4n) is 1.61. The van der Waals surface area contributed by atoms with Crippen molar-refractivity contribution in [3.63, 3.8) is 0 Å². The second kappa shape index (κ2) is 5.99. The van der Waals surface area contributed by atoms with Crippen molar-refractivity contribution < 1.29 is 0 Å². The third-order valence-electron chi connectivity index (χ3n) is 2.28. The molecule has 0 aliphatic carbocycles. The van der Waals surface area contributed by atoms with E-state index in [4.69, 9.17) is 0 Å². The molecule has 0 aromatic heterocycles. The van der Waals surface area contributed by atoms with Crippen LogP contribution in [-0.4, -0.2) is 34.6 Å². The van der Waals surface area contributed by atoms with Crippen LogP contribution >= 0.6 is 23.5 Å². The Morgan fingerprint density at radius 3 is 2.77 bits per heavy atom. The summed E-state index contributed by atoms with van der Waals surface area (Å²) < 4.78 is 0. The van der Waals surface area contributed by atoms with E-state index < -0.39 is 0 Å². The van der Waals surface area contributed by atoms with Gasteiger partial charge in [0.05, 0.1) is 0 Å². The van der Waals surface area contributed by atoms with Crippen LogP contribution in [0.4, 0.5) is 0 Å². The molecule has 1 heterocycles. The van der Waals surface area contributed by atoms with E-state index in [1.165, 1.54) is 11.5 Å². The number of hydrogen-bond acceptors (Lipinski definition) is 3. The molecule has 1 rings (SSSR count). The molecule has 0 spiro atoms. The maximum absolute atomic E-state index is 3.90. The molecule has 1 aliphatic rings. The monoisotopic (exact) mass is 217 g/mol. The second-order valence-corrected chi connectivity index (χ2v) is 6.00. The highest BCUT2D eigenvalue weighted by Gasteiger charge is 2.27. The Labute approximate surface area is 90.1 Å². The lowest BCUT2D eigenvalue weighted by molar-refractivity contribution is 0.585. The van der Waals surface area contributed by atoms with Gasteiger partial charge in [0.15, 0.2) is 0 Å². The van der Waals surface area contributed by atoms with E-state index in [1.54, 1.807) is 0 Å². The molecule has 1 nitrogen and oxygen atoms in total. The fraction of sp³-hybridized carbons (Fsp3) is 0.800. The SMILES string of the molecule is C=CC(NCC)C1SCCSC1C. The molecule has 0 bridgehead atoms. The Bertz CT molecular complexity index is 161. The zero-order valence-corrected chi connectivity index (χ0v) is 10.1. The van der Waals surface area contributed by atoms with Gasteiger partial charge in [-0.1, -0.05) is 19.9 Å². The van der Waals surface area contributed by atoms with Gasteiger partial charge in [-0.05, 0) is 6.54 Å². The minimum Gasteiger partial charge on any atom is -0.310 e. The summed E-state index contributed by atoms with van der Waals surface area (Å²) in [6.45, 7) is 9.42. The summed E-state index contributed by atoms with van der Waals surface area (Å²) in [5, 5.41) is 4.94. The summed E-state index contributed by atoms with van der Waals surface area (Å²) in [7, 11) is 0. The van der Waals surface area contributed by atoms with E-state index in [9.17, 15) is 0 Å². The number of hydrogen-bond donors (Lipinski definition) is 1. The molecule has 0 saturated carbocycles. The molecule has 3 unspecified atom stereocenters. The number of nitrogens with one attached hydrogen (secondary N) is 1. The van der Waals surface area contributed by atoms with E-state index in [0.717, 1.165) is 11.8 Å². The summed E-state index contributed by atoms with van der Waals surface area (Å²) in [4.78, 5) is 0. The lowest BCUT2D eigenvalue weighted by Crippen LogP contribution is -2.42. The molecule has 1 saturated heterocycles. The largest absolute Gasteiger partial charge is 0.310 e. The Balaban J connectivity index is 2.49. The van der Waals surface area contributed by atoms with Gasteiger partial charge in [-0.15, -0.1) is 6.58 Å². The van der Waals surface area contributed by atoms with Crippen molar-refractivity contribution in [1.82, 2.24) is 5.32 Å². The molecular weight excluding hydrogens is 198 g/mol. The van der Waals surface area contributed by atoms with Gasteiger partial charge in [0.2, 0.25) is 0 Å². The fourth-order valence-corrected chi connectivity index (χ4v) is 4.54. The van der Waals surface area contributed by atoms with Gasteiger partial charge in [0, 0.05) is 28.0 Å². The second-order valence-electron chi connectivity index (χ2n) is 3.23. The summed E-state index contributed by atoms with van der Waals surface area (Å²) in [6, 6.07) is 0.484. The topological polar surface area (TPSA) is 12.0 Å². The Kier molecular flexibility index (Phi) is 5.29. The van der Waals surface area contributed by atoms with Gasteiger partial charge in [-0.2, -0.15) is 23.5 Å². The maximum Gasteiger partial charge on any atom is 0.0377 e. The first-order valence-electron chi connectivity index (χ1n) is 4.88. The first-order valence-corrected chi connectivity index (χ1v) is 6.98. The predicted octanol–water partition coefficient (Wildman–Crippen LogP) is 2.39. The number of thioether (sulfide) groups is 2. The van der Waals surface area contributed by atoms with Crippen LogP contribution in [0.2, 0.25) is 0 Å². The molecule has 1 aliphatic heterocycles. The van der Waals surface area contributed by atoms with Gasteiger partial charge >= 0.3 is 0 Å². The first-order chi connectivity index (χ1) is 6.29. The minimum absolute atomic E-state index is 0.484. The number of rotatable bonds is 4. The highest BCUT2D eigenvalue weighted by atomic mass is 32.2. The van der Waals surface area contributed by atoms with Crippen LogP contribution in [0, 0.1) is 0 Å². The molecule has 0 aromatic carbocycles. The van der Waals surface area contributed by atoms with Gasteiger partial charge in [0.25, 0.3) is 0 Å². The van der Waals surface area contributed by atoms with Gasteiger partial charge < -0.3 is 5.32 Å². The maximum atomic E-state index is 3.90. The average molecular weight is 217 g/mol. The molecule has 3 heteroatoms. The highest BCUT2D eigenvalue weighted by Crippen LogP contribution is 2.33. The molecule has 0 aromatic rings. The zero-order valence-electron chi connectivity index (χ0n) is 8.45. The summed E-state index contributed by atoms with van der Waals surface area (Å²) >= 11 is 4.18. The van der Waals surface area contributed by atoms with Crippen LogP contribution in [0.5, 0.6) is 0 Å². The van der Waals surface area contributed by atoms with Crippen molar-refractivity contribution in [2.24, 2.45) is 0 Å². The van der Waals surface area contributed by atoms with Crippen LogP contribution < -0.4 is 5.32 Å². The average Bonchev–Trinajstić information content (AvgIpc) is 2.16. The number of likely N-dealkylation sites (N-methyl/N-ethyl adjacent to an activating group) is 1. The van der Waals surface area contributed by atoms with Crippen molar-refractivity contribution in [1.29, 1.82) is 0 Å². The van der Waals surface area contributed by atoms with Gasteiger partial charge in [0.1, 0.15) is 0 Å². The summed E-state index contributed by atoms with van der Waals surface area (Å²) in [5.74, 6) is 2.59. The molecule has 1 N–H and O–H groups in total. The van der Waals surface area contributed by atoms with Crippen LogP contribution in [-0.2, 0) is 0 Å². The third-order valence-corrected chi connectivity index (χ3v) is 5.50. The van der Waals surface area contributed by atoms with E-state index >= 15 is 0 Å². The van der Waals surface area contributed by atoms with Gasteiger partial charge in [-0.25, -0.2) is 0 Å². The molecule has 1 fully saturated rings. The molecule has 13 heavy (non-hydrogen) atoms. The lowest BCUT2D eigenvalue weighted by atomic mass is 10.1. The molecule has 76 valence electrons. The molecule has 0 radical (unpaired) electrons.